The van der Waals surface area contributed by atoms with Crippen LogP contribution in [0.5, 0.6) is 0 Å². The lowest BCUT2D eigenvalue weighted by Gasteiger charge is -2.24. The number of fused-ring (bicyclic) bond motifs is 1. The lowest BCUT2D eigenvalue weighted by atomic mass is 10.0. The minimum absolute atomic E-state index is 0.203. The molecule has 0 N–H and O–H groups in total. The molecule has 126 valence electrons. The first-order valence-electron chi connectivity index (χ1n) is 7.94. The highest BCUT2D eigenvalue weighted by Gasteiger charge is 2.36. The van der Waals surface area contributed by atoms with E-state index in [4.69, 9.17) is 4.74 Å². The van der Waals surface area contributed by atoms with E-state index >= 15 is 0 Å². The molecule has 1 atom stereocenters. The molecule has 0 bridgehead atoms. The summed E-state index contributed by atoms with van der Waals surface area (Å²) >= 11 is 0. The topological polar surface area (TPSA) is 68.6 Å². The normalized spacial score (nSPS) is 17.3. The van der Waals surface area contributed by atoms with Crippen molar-refractivity contribution in [2.45, 2.75) is 25.8 Å². The number of carbonyl (C=O) groups excluding carboxylic acids is 2. The number of hydrogen-bond donors (Lipinski definition) is 0. The zero-order chi connectivity index (χ0) is 17.4. The van der Waals surface area contributed by atoms with Crippen molar-refractivity contribution in [1.29, 1.82) is 0 Å². The molecule has 3 rings (SSSR count). The van der Waals surface area contributed by atoms with E-state index in [1.807, 2.05) is 24.3 Å². The van der Waals surface area contributed by atoms with Crippen LogP contribution in [0.25, 0.3) is 10.9 Å². The molecular formula is C18H20N2O4. The first-order chi connectivity index (χ1) is 11.5. The smallest absolute Gasteiger partial charge is 0.328 e. The Labute approximate surface area is 139 Å². The summed E-state index contributed by atoms with van der Waals surface area (Å²) in [4.78, 5) is 39.1. The summed E-state index contributed by atoms with van der Waals surface area (Å²) < 4.78 is 6.36. The van der Waals surface area contributed by atoms with Crippen LogP contribution >= 0.6 is 0 Å². The molecule has 6 heteroatoms. The van der Waals surface area contributed by atoms with Gasteiger partial charge in [-0.05, 0) is 25.8 Å². The Morgan fingerprint density at radius 1 is 1.25 bits per heavy atom. The predicted octanol–water partition coefficient (Wildman–Crippen LogP) is 1.62. The molecule has 1 fully saturated rings. The SMILES string of the molecule is COC(=O)[C@@H]1CCCN1C(=O)c1c(C)c(=O)n(C)c2ccccc12. The number of aromatic nitrogens is 1. The Kier molecular flexibility index (Phi) is 4.13. The average molecular weight is 328 g/mol. The summed E-state index contributed by atoms with van der Waals surface area (Å²) in [5.41, 5.74) is 1.28. The fourth-order valence-electron chi connectivity index (χ4n) is 3.46. The molecule has 1 saturated heterocycles. The first kappa shape index (κ1) is 16.2. The Morgan fingerprint density at radius 3 is 2.67 bits per heavy atom. The van der Waals surface area contributed by atoms with Crippen molar-refractivity contribution in [2.75, 3.05) is 13.7 Å². The van der Waals surface area contributed by atoms with Crippen LogP contribution < -0.4 is 5.56 Å². The number of ether oxygens (including phenoxy) is 1. The molecule has 1 aromatic carbocycles. The molecule has 6 nitrogen and oxygen atoms in total. The van der Waals surface area contributed by atoms with Crippen LogP contribution in [-0.4, -0.2) is 41.0 Å². The van der Waals surface area contributed by atoms with E-state index in [2.05, 4.69) is 0 Å². The van der Waals surface area contributed by atoms with Gasteiger partial charge in [0.15, 0.2) is 0 Å². The maximum atomic E-state index is 13.1. The summed E-state index contributed by atoms with van der Waals surface area (Å²) in [6.07, 6.45) is 1.33. The number of pyridine rings is 1. The van der Waals surface area contributed by atoms with Gasteiger partial charge in [0.05, 0.1) is 18.2 Å². The molecule has 2 aromatic rings. The lowest BCUT2D eigenvalue weighted by molar-refractivity contribution is -0.145. The van der Waals surface area contributed by atoms with E-state index in [0.29, 0.717) is 29.6 Å². The number of benzene rings is 1. The number of esters is 1. The van der Waals surface area contributed by atoms with E-state index in [9.17, 15) is 14.4 Å². The molecule has 0 saturated carbocycles. The van der Waals surface area contributed by atoms with Gasteiger partial charge in [0, 0.05) is 24.5 Å². The number of para-hydroxylation sites is 1. The van der Waals surface area contributed by atoms with Gasteiger partial charge in [-0.15, -0.1) is 0 Å². The van der Waals surface area contributed by atoms with Crippen molar-refractivity contribution in [1.82, 2.24) is 9.47 Å². The maximum Gasteiger partial charge on any atom is 0.328 e. The summed E-state index contributed by atoms with van der Waals surface area (Å²) in [6, 6.07) is 6.74. The van der Waals surface area contributed by atoms with Crippen LogP contribution in [0.1, 0.15) is 28.8 Å². The van der Waals surface area contributed by atoms with Crippen molar-refractivity contribution in [3.05, 3.63) is 45.7 Å². The largest absolute Gasteiger partial charge is 0.467 e. The third kappa shape index (κ3) is 2.38. The zero-order valence-electron chi connectivity index (χ0n) is 14.0. The van der Waals surface area contributed by atoms with Gasteiger partial charge in [0.25, 0.3) is 11.5 Å². The maximum absolute atomic E-state index is 13.1. The van der Waals surface area contributed by atoms with Crippen molar-refractivity contribution in [2.24, 2.45) is 7.05 Å². The number of aryl methyl sites for hydroxylation is 1. The summed E-state index contributed by atoms with van der Waals surface area (Å²) in [5.74, 6) is -0.694. The van der Waals surface area contributed by atoms with Crippen molar-refractivity contribution >= 4 is 22.8 Å². The average Bonchev–Trinajstić information content (AvgIpc) is 3.09. The highest BCUT2D eigenvalue weighted by molar-refractivity contribution is 6.08. The molecule has 1 amide bonds. The fraction of sp³-hybridized carbons (Fsp3) is 0.389. The third-order valence-corrected chi connectivity index (χ3v) is 4.74. The van der Waals surface area contributed by atoms with Gasteiger partial charge in [0.1, 0.15) is 6.04 Å². The van der Waals surface area contributed by atoms with Gasteiger partial charge in [-0.25, -0.2) is 4.79 Å². The number of likely N-dealkylation sites (tertiary alicyclic amines) is 1. The Bertz CT molecular complexity index is 884. The standard InChI is InChI=1S/C18H20N2O4/c1-11-15(12-7-4-5-8-13(12)19(2)16(11)21)17(22)20-10-6-9-14(20)18(23)24-3/h4-5,7-8,14H,6,9-10H2,1-3H3/t14-/m0/s1. The minimum atomic E-state index is -0.579. The summed E-state index contributed by atoms with van der Waals surface area (Å²) in [6.45, 7) is 2.15. The highest BCUT2D eigenvalue weighted by atomic mass is 16.5. The minimum Gasteiger partial charge on any atom is -0.467 e. The quantitative estimate of drug-likeness (QED) is 0.786. The van der Waals surface area contributed by atoms with Gasteiger partial charge in [-0.1, -0.05) is 18.2 Å². The molecule has 1 aromatic heterocycles. The third-order valence-electron chi connectivity index (χ3n) is 4.74. The van der Waals surface area contributed by atoms with Gasteiger partial charge >= 0.3 is 5.97 Å². The number of nitrogens with zero attached hydrogens (tertiary/aromatic N) is 2. The van der Waals surface area contributed by atoms with Crippen LogP contribution in [-0.2, 0) is 16.6 Å². The number of hydrogen-bond acceptors (Lipinski definition) is 4. The van der Waals surface area contributed by atoms with Gasteiger partial charge in [-0.2, -0.15) is 0 Å². The van der Waals surface area contributed by atoms with Crippen LogP contribution in [0.3, 0.4) is 0 Å². The predicted molar refractivity (Wildman–Crippen MR) is 90.0 cm³/mol. The van der Waals surface area contributed by atoms with Crippen LogP contribution in [0.2, 0.25) is 0 Å². The fourth-order valence-corrected chi connectivity index (χ4v) is 3.46. The highest BCUT2D eigenvalue weighted by Crippen LogP contribution is 2.26. The Balaban J connectivity index is 2.17. The van der Waals surface area contributed by atoms with Crippen molar-refractivity contribution in [3.63, 3.8) is 0 Å². The molecule has 0 radical (unpaired) electrons. The molecule has 0 spiro atoms. The number of carbonyl (C=O) groups is 2. The first-order valence-corrected chi connectivity index (χ1v) is 7.94. The molecule has 0 unspecified atom stereocenters. The number of rotatable bonds is 2. The summed E-state index contributed by atoms with van der Waals surface area (Å²) in [7, 11) is 3.02. The van der Waals surface area contributed by atoms with E-state index in [-0.39, 0.29) is 11.5 Å². The van der Waals surface area contributed by atoms with E-state index < -0.39 is 12.0 Å². The monoisotopic (exact) mass is 328 g/mol. The number of amides is 1. The molecular weight excluding hydrogens is 308 g/mol. The summed E-state index contributed by atoms with van der Waals surface area (Å²) in [5, 5.41) is 0.720. The molecule has 1 aliphatic heterocycles. The Hall–Kier alpha value is -2.63. The van der Waals surface area contributed by atoms with Crippen LogP contribution in [0, 0.1) is 6.92 Å². The van der Waals surface area contributed by atoms with Gasteiger partial charge in [-0.3, -0.25) is 9.59 Å². The second kappa shape index (κ2) is 6.11. The molecule has 0 aliphatic carbocycles. The zero-order valence-corrected chi connectivity index (χ0v) is 14.0. The van der Waals surface area contributed by atoms with E-state index in [1.54, 1.807) is 18.5 Å². The van der Waals surface area contributed by atoms with Gasteiger partial charge < -0.3 is 14.2 Å². The molecule has 2 heterocycles. The number of methoxy groups -OCH3 is 1. The van der Waals surface area contributed by atoms with E-state index in [1.165, 1.54) is 12.0 Å². The van der Waals surface area contributed by atoms with Crippen molar-refractivity contribution in [3.8, 4) is 0 Å². The van der Waals surface area contributed by atoms with Crippen molar-refractivity contribution < 1.29 is 14.3 Å². The van der Waals surface area contributed by atoms with Crippen LogP contribution in [0.4, 0.5) is 0 Å². The lowest BCUT2D eigenvalue weighted by Crippen LogP contribution is -2.42. The van der Waals surface area contributed by atoms with E-state index in [0.717, 1.165) is 11.8 Å². The second-order valence-electron chi connectivity index (χ2n) is 6.06. The second-order valence-corrected chi connectivity index (χ2v) is 6.06. The van der Waals surface area contributed by atoms with Gasteiger partial charge in [0.2, 0.25) is 0 Å². The molecule has 24 heavy (non-hydrogen) atoms. The van der Waals surface area contributed by atoms with Crippen LogP contribution in [0.15, 0.2) is 29.1 Å². The Morgan fingerprint density at radius 2 is 1.96 bits per heavy atom. The molecule has 1 aliphatic rings.